The first-order chi connectivity index (χ1) is 30.2. The van der Waals surface area contributed by atoms with Crippen LogP contribution in [0.3, 0.4) is 0 Å². The van der Waals surface area contributed by atoms with Crippen LogP contribution < -0.4 is 19.1 Å². The van der Waals surface area contributed by atoms with E-state index in [1.165, 1.54) is 4.90 Å². The molecule has 2 aromatic heterocycles. The predicted molar refractivity (Wildman–Crippen MR) is 236 cm³/mol. The molecule has 0 bridgehead atoms. The summed E-state index contributed by atoms with van der Waals surface area (Å²) in [5, 5.41) is 11.7. The highest BCUT2D eigenvalue weighted by Crippen LogP contribution is 2.43. The Bertz CT molecular complexity index is 2540. The molecular formula is C48H47N7O7. The van der Waals surface area contributed by atoms with Crippen molar-refractivity contribution in [3.63, 3.8) is 0 Å². The molecule has 0 spiro atoms. The fourth-order valence-corrected chi connectivity index (χ4v) is 7.42. The number of benzene rings is 5. The lowest BCUT2D eigenvalue weighted by Gasteiger charge is -2.37. The van der Waals surface area contributed by atoms with E-state index < -0.39 is 30.1 Å². The number of nitrogens with zero attached hydrogens (tertiary/aromatic N) is 7. The number of amides is 1. The molecule has 5 aromatic carbocycles. The van der Waals surface area contributed by atoms with Crippen LogP contribution >= 0.6 is 0 Å². The van der Waals surface area contributed by atoms with Crippen molar-refractivity contribution >= 4 is 40.3 Å². The molecule has 1 aliphatic heterocycles. The normalized spacial score (nSPS) is 16.5. The van der Waals surface area contributed by atoms with Crippen LogP contribution in [0, 0.1) is 0 Å². The summed E-state index contributed by atoms with van der Waals surface area (Å²) in [5.74, 6) is 2.23. The van der Waals surface area contributed by atoms with Gasteiger partial charge in [0.25, 0.3) is 0 Å². The first kappa shape index (κ1) is 41.6. The molecule has 3 heterocycles. The van der Waals surface area contributed by atoms with Gasteiger partial charge in [0, 0.05) is 20.5 Å². The summed E-state index contributed by atoms with van der Waals surface area (Å²) in [7, 11) is 6.98. The van der Waals surface area contributed by atoms with E-state index in [0.29, 0.717) is 39.9 Å². The average Bonchev–Trinajstić information content (AvgIpc) is 3.91. The second-order valence-electron chi connectivity index (χ2n) is 14.8. The number of methoxy groups -OCH3 is 2. The molecule has 316 valence electrons. The van der Waals surface area contributed by atoms with Gasteiger partial charge < -0.3 is 33.7 Å². The minimum absolute atomic E-state index is 0.00146. The summed E-state index contributed by atoms with van der Waals surface area (Å²) in [4.78, 5) is 36.0. The van der Waals surface area contributed by atoms with Gasteiger partial charge in [-0.05, 0) is 72.1 Å². The molecular weight excluding hydrogens is 787 g/mol. The number of rotatable bonds is 13. The number of anilines is 2. The first-order valence-electron chi connectivity index (χ1n) is 20.1. The molecule has 0 saturated carbocycles. The minimum atomic E-state index is -1.13. The maximum absolute atomic E-state index is 14.1. The molecule has 14 heteroatoms. The van der Waals surface area contributed by atoms with E-state index in [2.05, 4.69) is 9.97 Å². The molecule has 1 aliphatic rings. The van der Waals surface area contributed by atoms with Crippen LogP contribution in [-0.2, 0) is 15.1 Å². The highest BCUT2D eigenvalue weighted by Gasteiger charge is 2.42. The summed E-state index contributed by atoms with van der Waals surface area (Å²) in [5.41, 5.74) is 3.27. The van der Waals surface area contributed by atoms with Gasteiger partial charge in [0.1, 0.15) is 35.3 Å². The Balaban J connectivity index is 1.13. The van der Waals surface area contributed by atoms with Gasteiger partial charge in [-0.2, -0.15) is 9.97 Å². The van der Waals surface area contributed by atoms with E-state index in [1.807, 2.05) is 165 Å². The van der Waals surface area contributed by atoms with Gasteiger partial charge >= 0.3 is 12.1 Å². The molecule has 1 amide bonds. The van der Waals surface area contributed by atoms with Crippen LogP contribution in [-0.4, -0.2) is 88.6 Å². The fourth-order valence-electron chi connectivity index (χ4n) is 7.42. The average molecular weight is 834 g/mol. The van der Waals surface area contributed by atoms with Gasteiger partial charge in [-0.3, -0.25) is 4.57 Å². The third-order valence-electron chi connectivity index (χ3n) is 10.8. The molecule has 0 aliphatic carbocycles. The van der Waals surface area contributed by atoms with Crippen molar-refractivity contribution in [3.8, 4) is 17.5 Å². The van der Waals surface area contributed by atoms with Crippen molar-refractivity contribution in [2.45, 2.75) is 37.4 Å². The number of aromatic nitrogens is 4. The van der Waals surface area contributed by atoms with E-state index in [4.69, 9.17) is 33.7 Å². The van der Waals surface area contributed by atoms with Gasteiger partial charge in [-0.15, -0.1) is 0 Å². The minimum Gasteiger partial charge on any atom is -0.497 e. The largest absolute Gasteiger partial charge is 0.497 e. The predicted octanol–water partition coefficient (Wildman–Crippen LogP) is 8.45. The maximum atomic E-state index is 14.1. The van der Waals surface area contributed by atoms with Crippen LogP contribution in [0.25, 0.3) is 11.2 Å². The highest BCUT2D eigenvalue weighted by molar-refractivity contribution is 5.97. The number of fused-ring (bicyclic) bond motifs is 1. The summed E-state index contributed by atoms with van der Waals surface area (Å²) >= 11 is 0. The van der Waals surface area contributed by atoms with Crippen molar-refractivity contribution in [2.75, 3.05) is 39.8 Å². The van der Waals surface area contributed by atoms with Crippen molar-refractivity contribution in [1.29, 1.82) is 0 Å². The fraction of sp³-hybridized carbons (Fsp3) is 0.229. The summed E-state index contributed by atoms with van der Waals surface area (Å²) < 4.78 is 32.4. The van der Waals surface area contributed by atoms with Crippen LogP contribution in [0.1, 0.15) is 36.3 Å². The lowest BCUT2D eigenvalue weighted by molar-refractivity contribution is -0.0931. The van der Waals surface area contributed by atoms with Crippen molar-refractivity contribution in [1.82, 2.24) is 24.4 Å². The van der Waals surface area contributed by atoms with E-state index >= 15 is 0 Å². The second-order valence-corrected chi connectivity index (χ2v) is 14.8. The standard InChI is InChI=1S/C48H47N7O7/c1-32(53(2)3)50-44-43-45(52-46(51-44)62-47(57)55(36-17-11-7-12-18-36)37-19-13-8-14-20-37)54(31-49-43)42-29-40(56)41(61-42)30-60-48(33-15-9-6-10-16-33,34-21-25-38(58-4)26-22-34)35-23-27-39(59-5)28-24-35/h6-28,31,40-42,56H,29-30H2,1-5H3/t40-,41+,42+/m0/s1. The summed E-state index contributed by atoms with van der Waals surface area (Å²) in [6.07, 6.45) is -1.41. The molecule has 3 atom stereocenters. The highest BCUT2D eigenvalue weighted by atomic mass is 16.6. The maximum Gasteiger partial charge on any atom is 0.426 e. The molecule has 7 aromatic rings. The van der Waals surface area contributed by atoms with Gasteiger partial charge in [0.2, 0.25) is 0 Å². The molecule has 62 heavy (non-hydrogen) atoms. The molecule has 14 nitrogen and oxygen atoms in total. The Labute approximate surface area is 359 Å². The lowest BCUT2D eigenvalue weighted by atomic mass is 9.80. The van der Waals surface area contributed by atoms with Gasteiger partial charge in [0.05, 0.1) is 44.6 Å². The van der Waals surface area contributed by atoms with Crippen molar-refractivity contribution in [2.24, 2.45) is 4.99 Å². The monoisotopic (exact) mass is 833 g/mol. The quantitative estimate of drug-likeness (QED) is 0.0679. The third kappa shape index (κ3) is 8.43. The van der Waals surface area contributed by atoms with Gasteiger partial charge in [-0.1, -0.05) is 91.0 Å². The van der Waals surface area contributed by atoms with E-state index in [9.17, 15) is 9.90 Å². The number of amidine groups is 1. The number of imidazole rings is 1. The molecule has 0 radical (unpaired) electrons. The Hall–Kier alpha value is -7.13. The summed E-state index contributed by atoms with van der Waals surface area (Å²) in [6.45, 7) is 1.83. The van der Waals surface area contributed by atoms with E-state index in [-0.39, 0.29) is 24.9 Å². The van der Waals surface area contributed by atoms with Crippen LogP contribution in [0.4, 0.5) is 22.0 Å². The zero-order chi connectivity index (χ0) is 43.2. The Kier molecular flexibility index (Phi) is 12.2. The number of ether oxygens (including phenoxy) is 5. The number of carbonyl (C=O) groups is 1. The summed E-state index contributed by atoms with van der Waals surface area (Å²) in [6, 6.07) is 43.5. The first-order valence-corrected chi connectivity index (χ1v) is 20.1. The zero-order valence-corrected chi connectivity index (χ0v) is 35.0. The van der Waals surface area contributed by atoms with Crippen molar-refractivity contribution < 1.29 is 33.6 Å². The third-order valence-corrected chi connectivity index (χ3v) is 10.8. The second kappa shape index (κ2) is 18.2. The van der Waals surface area contributed by atoms with E-state index in [0.717, 1.165) is 16.7 Å². The Morgan fingerprint density at radius 2 is 1.32 bits per heavy atom. The lowest BCUT2D eigenvalue weighted by Crippen LogP contribution is -2.38. The SMILES string of the molecule is COc1ccc(C(OC[C@H]2O[C@@H](n3cnc4c(N=C(C)N(C)C)nc(OC(=O)N(c5ccccc5)c5ccccc5)nc43)C[C@@H]2O)(c2ccccc2)c2ccc(OC)cc2)cc1. The van der Waals surface area contributed by atoms with Crippen LogP contribution in [0.15, 0.2) is 151 Å². The number of aliphatic imine (C=N–C) groups is 1. The molecule has 1 fully saturated rings. The smallest absolute Gasteiger partial charge is 0.426 e. The topological polar surface area (TPSA) is 146 Å². The number of aliphatic hydroxyl groups is 1. The van der Waals surface area contributed by atoms with Crippen LogP contribution in [0.2, 0.25) is 0 Å². The molecule has 1 N–H and O–H groups in total. The van der Waals surface area contributed by atoms with Crippen LogP contribution in [0.5, 0.6) is 17.5 Å². The molecule has 1 saturated heterocycles. The number of para-hydroxylation sites is 2. The molecule has 8 rings (SSSR count). The number of hydrogen-bond donors (Lipinski definition) is 1. The Morgan fingerprint density at radius 3 is 1.85 bits per heavy atom. The van der Waals surface area contributed by atoms with Gasteiger partial charge in [-0.25, -0.2) is 19.7 Å². The number of aliphatic hydroxyl groups excluding tert-OH is 1. The number of hydrogen-bond acceptors (Lipinski definition) is 11. The molecule has 0 unspecified atom stereocenters. The van der Waals surface area contributed by atoms with E-state index in [1.54, 1.807) is 25.1 Å². The number of carbonyl (C=O) groups excluding carboxylic acids is 1. The Morgan fingerprint density at radius 1 is 0.790 bits per heavy atom. The zero-order valence-electron chi connectivity index (χ0n) is 35.0. The van der Waals surface area contributed by atoms with Crippen molar-refractivity contribution in [3.05, 3.63) is 163 Å². The van der Waals surface area contributed by atoms with Gasteiger partial charge in [0.15, 0.2) is 17.0 Å².